The summed E-state index contributed by atoms with van der Waals surface area (Å²) < 4.78 is 0. The molecule has 2 aromatic heterocycles. The zero-order chi connectivity index (χ0) is 16.1. The first-order chi connectivity index (χ1) is 11.2. The summed E-state index contributed by atoms with van der Waals surface area (Å²) >= 11 is 1.41. The van der Waals surface area contributed by atoms with Crippen LogP contribution in [-0.4, -0.2) is 17.9 Å². The summed E-state index contributed by atoms with van der Waals surface area (Å²) in [6.45, 7) is 0.809. The van der Waals surface area contributed by atoms with Crippen LogP contribution in [0.4, 0.5) is 11.5 Å². The van der Waals surface area contributed by atoms with Gasteiger partial charge in [0.1, 0.15) is 5.82 Å². The Bertz CT molecular complexity index is 755. The number of hydrogen-bond donors (Lipinski definition) is 1. The number of pyridine rings is 1. The molecule has 3 aromatic rings. The number of thiophene rings is 1. The minimum atomic E-state index is -0.127. The van der Waals surface area contributed by atoms with Crippen molar-refractivity contribution in [1.29, 1.82) is 0 Å². The molecule has 0 atom stereocenters. The van der Waals surface area contributed by atoms with Crippen molar-refractivity contribution in [2.24, 2.45) is 0 Å². The average Bonchev–Trinajstić information content (AvgIpc) is 3.11. The SMILES string of the molecule is CN(Cc1ccccc1)c1ccc(NC(=O)c2cccs2)nc1. The summed E-state index contributed by atoms with van der Waals surface area (Å²) in [6.07, 6.45) is 1.77. The topological polar surface area (TPSA) is 45.2 Å². The molecule has 0 saturated carbocycles. The maximum atomic E-state index is 12.0. The number of aromatic nitrogens is 1. The Morgan fingerprint density at radius 1 is 1.13 bits per heavy atom. The maximum absolute atomic E-state index is 12.0. The molecule has 23 heavy (non-hydrogen) atoms. The molecule has 0 bridgehead atoms. The summed E-state index contributed by atoms with van der Waals surface area (Å²) in [4.78, 5) is 19.1. The fourth-order valence-corrected chi connectivity index (χ4v) is 2.84. The number of nitrogens with one attached hydrogen (secondary N) is 1. The van der Waals surface area contributed by atoms with E-state index in [1.807, 2.05) is 48.8 Å². The van der Waals surface area contributed by atoms with Gasteiger partial charge >= 0.3 is 0 Å². The molecule has 116 valence electrons. The fraction of sp³-hybridized carbons (Fsp3) is 0.111. The van der Waals surface area contributed by atoms with Gasteiger partial charge in [-0.05, 0) is 29.1 Å². The van der Waals surface area contributed by atoms with Crippen LogP contribution >= 0.6 is 11.3 Å². The molecule has 0 aliphatic heterocycles. The molecule has 4 nitrogen and oxygen atoms in total. The number of rotatable bonds is 5. The first-order valence-corrected chi connectivity index (χ1v) is 8.16. The van der Waals surface area contributed by atoms with E-state index < -0.39 is 0 Å². The van der Waals surface area contributed by atoms with E-state index in [0.717, 1.165) is 12.2 Å². The van der Waals surface area contributed by atoms with Gasteiger partial charge in [-0.1, -0.05) is 36.4 Å². The third-order valence-corrected chi connectivity index (χ3v) is 4.31. The van der Waals surface area contributed by atoms with Crippen molar-refractivity contribution in [2.45, 2.75) is 6.54 Å². The van der Waals surface area contributed by atoms with Crippen LogP contribution in [0.2, 0.25) is 0 Å². The third kappa shape index (κ3) is 3.96. The van der Waals surface area contributed by atoms with Crippen molar-refractivity contribution in [3.05, 3.63) is 76.6 Å². The molecule has 1 amide bonds. The minimum Gasteiger partial charge on any atom is -0.369 e. The van der Waals surface area contributed by atoms with Crippen molar-refractivity contribution in [2.75, 3.05) is 17.3 Å². The monoisotopic (exact) mass is 323 g/mol. The van der Waals surface area contributed by atoms with Gasteiger partial charge in [0, 0.05) is 13.6 Å². The Morgan fingerprint density at radius 3 is 2.61 bits per heavy atom. The van der Waals surface area contributed by atoms with Gasteiger partial charge in [0.05, 0.1) is 16.8 Å². The smallest absolute Gasteiger partial charge is 0.266 e. The molecule has 0 unspecified atom stereocenters. The minimum absolute atomic E-state index is 0.127. The molecule has 0 fully saturated rings. The lowest BCUT2D eigenvalue weighted by Gasteiger charge is -2.19. The van der Waals surface area contributed by atoms with Crippen LogP contribution in [0.3, 0.4) is 0 Å². The van der Waals surface area contributed by atoms with Crippen molar-refractivity contribution in [3.63, 3.8) is 0 Å². The predicted molar refractivity (Wildman–Crippen MR) is 95.1 cm³/mol. The first-order valence-electron chi connectivity index (χ1n) is 7.28. The van der Waals surface area contributed by atoms with Gasteiger partial charge in [0.25, 0.3) is 5.91 Å². The van der Waals surface area contributed by atoms with Crippen LogP contribution in [0.5, 0.6) is 0 Å². The molecule has 2 heterocycles. The van der Waals surface area contributed by atoms with Crippen LogP contribution in [-0.2, 0) is 6.54 Å². The highest BCUT2D eigenvalue weighted by Gasteiger charge is 2.08. The number of benzene rings is 1. The normalized spacial score (nSPS) is 10.3. The molecule has 1 N–H and O–H groups in total. The summed E-state index contributed by atoms with van der Waals surface area (Å²) in [5, 5.41) is 4.68. The Balaban J connectivity index is 1.63. The van der Waals surface area contributed by atoms with Gasteiger partial charge in [0.15, 0.2) is 0 Å². The second-order valence-electron chi connectivity index (χ2n) is 5.17. The van der Waals surface area contributed by atoms with Crippen LogP contribution in [0.15, 0.2) is 66.2 Å². The Labute approximate surface area is 139 Å². The standard InChI is InChI=1S/C18H17N3OS/c1-21(13-14-6-3-2-4-7-14)15-9-10-17(19-12-15)20-18(22)16-8-5-11-23-16/h2-12H,13H2,1H3,(H,19,20,22). The Morgan fingerprint density at radius 2 is 1.96 bits per heavy atom. The van der Waals surface area contributed by atoms with Crippen LogP contribution in [0.25, 0.3) is 0 Å². The summed E-state index contributed by atoms with van der Waals surface area (Å²) in [6, 6.07) is 17.7. The largest absolute Gasteiger partial charge is 0.369 e. The molecule has 0 aliphatic rings. The van der Waals surface area contributed by atoms with E-state index in [1.165, 1.54) is 16.9 Å². The van der Waals surface area contributed by atoms with Gasteiger partial charge in [-0.15, -0.1) is 11.3 Å². The van der Waals surface area contributed by atoms with Crippen molar-refractivity contribution in [1.82, 2.24) is 4.98 Å². The number of hydrogen-bond acceptors (Lipinski definition) is 4. The second kappa shape index (κ2) is 7.07. The van der Waals surface area contributed by atoms with E-state index in [9.17, 15) is 4.79 Å². The average molecular weight is 323 g/mol. The molecule has 1 aromatic carbocycles. The lowest BCUT2D eigenvalue weighted by Crippen LogP contribution is -2.17. The molecule has 0 saturated heterocycles. The lowest BCUT2D eigenvalue weighted by molar-refractivity contribution is 0.103. The zero-order valence-electron chi connectivity index (χ0n) is 12.8. The zero-order valence-corrected chi connectivity index (χ0v) is 13.6. The molecule has 0 radical (unpaired) electrons. The summed E-state index contributed by atoms with van der Waals surface area (Å²) in [7, 11) is 2.02. The fourth-order valence-electron chi connectivity index (χ4n) is 2.22. The molecular weight excluding hydrogens is 306 g/mol. The Kier molecular flexibility index (Phi) is 4.68. The van der Waals surface area contributed by atoms with Crippen LogP contribution in [0, 0.1) is 0 Å². The predicted octanol–water partition coefficient (Wildman–Crippen LogP) is 4.03. The van der Waals surface area contributed by atoms with E-state index in [2.05, 4.69) is 27.3 Å². The number of amides is 1. The maximum Gasteiger partial charge on any atom is 0.266 e. The van der Waals surface area contributed by atoms with Gasteiger partial charge in [0.2, 0.25) is 0 Å². The number of carbonyl (C=O) groups is 1. The van der Waals surface area contributed by atoms with Gasteiger partial charge in [-0.25, -0.2) is 4.98 Å². The molecule has 3 rings (SSSR count). The molecule has 0 spiro atoms. The van der Waals surface area contributed by atoms with Gasteiger partial charge < -0.3 is 10.2 Å². The molecular formula is C18H17N3OS. The van der Waals surface area contributed by atoms with E-state index in [1.54, 1.807) is 12.3 Å². The molecule has 0 aliphatic carbocycles. The Hall–Kier alpha value is -2.66. The van der Waals surface area contributed by atoms with Crippen molar-refractivity contribution < 1.29 is 4.79 Å². The van der Waals surface area contributed by atoms with E-state index in [4.69, 9.17) is 0 Å². The second-order valence-corrected chi connectivity index (χ2v) is 6.12. The van der Waals surface area contributed by atoms with E-state index >= 15 is 0 Å². The molecule has 5 heteroatoms. The number of carbonyl (C=O) groups excluding carboxylic acids is 1. The van der Waals surface area contributed by atoms with E-state index in [-0.39, 0.29) is 5.91 Å². The third-order valence-electron chi connectivity index (χ3n) is 3.44. The summed E-state index contributed by atoms with van der Waals surface area (Å²) in [5.74, 6) is 0.429. The van der Waals surface area contributed by atoms with Gasteiger partial charge in [-0.2, -0.15) is 0 Å². The van der Waals surface area contributed by atoms with E-state index in [0.29, 0.717) is 10.7 Å². The van der Waals surface area contributed by atoms with Crippen molar-refractivity contribution >= 4 is 28.7 Å². The lowest BCUT2D eigenvalue weighted by atomic mass is 10.2. The highest BCUT2D eigenvalue weighted by Crippen LogP contribution is 2.17. The first kappa shape index (κ1) is 15.2. The number of anilines is 2. The van der Waals surface area contributed by atoms with Gasteiger partial charge in [-0.3, -0.25) is 4.79 Å². The highest BCUT2D eigenvalue weighted by atomic mass is 32.1. The van der Waals surface area contributed by atoms with Crippen LogP contribution in [0.1, 0.15) is 15.2 Å². The quantitative estimate of drug-likeness (QED) is 0.771. The summed E-state index contributed by atoms with van der Waals surface area (Å²) in [5.41, 5.74) is 2.24. The highest BCUT2D eigenvalue weighted by molar-refractivity contribution is 7.12. The van der Waals surface area contributed by atoms with Crippen molar-refractivity contribution in [3.8, 4) is 0 Å². The van der Waals surface area contributed by atoms with Crippen LogP contribution < -0.4 is 10.2 Å². The number of nitrogens with zero attached hydrogens (tertiary/aromatic N) is 2.